The molecule has 0 amide bonds. The van der Waals surface area contributed by atoms with Crippen LogP contribution in [0.3, 0.4) is 0 Å². The number of hydrogen-bond donors (Lipinski definition) is 0. The second kappa shape index (κ2) is 5.58. The molecular weight excluding hydrogens is 272 g/mol. The minimum Gasteiger partial charge on any atom is -0.376 e. The molecule has 0 bridgehead atoms. The smallest absolute Gasteiger partial charge is 0.141 e. The van der Waals surface area contributed by atoms with Crippen molar-refractivity contribution in [2.24, 2.45) is 0 Å². The summed E-state index contributed by atoms with van der Waals surface area (Å²) in [6.45, 7) is 3.88. The molecule has 112 valence electrons. The predicted octanol–water partition coefficient (Wildman–Crippen LogP) is 4.19. The van der Waals surface area contributed by atoms with Crippen molar-refractivity contribution in [3.63, 3.8) is 0 Å². The molecule has 1 saturated heterocycles. The van der Waals surface area contributed by atoms with Gasteiger partial charge in [-0.05, 0) is 31.9 Å². The molecule has 2 aromatic carbocycles. The second-order valence-corrected chi connectivity index (χ2v) is 6.04. The standard InChI is InChI=1S/C19H20N2O/c1-14-8-10-15(11-9-14)19-20-17-6-2-3-7-18(17)21(19)13-16-5-4-12-22-16/h2-3,6-11,16H,4-5,12-13H2,1H3. The van der Waals surface area contributed by atoms with Crippen LogP contribution in [0.25, 0.3) is 22.4 Å². The van der Waals surface area contributed by atoms with Crippen LogP contribution in [0, 0.1) is 6.92 Å². The Balaban J connectivity index is 1.83. The van der Waals surface area contributed by atoms with Gasteiger partial charge >= 0.3 is 0 Å². The Labute approximate surface area is 130 Å². The Morgan fingerprint density at radius 1 is 1.14 bits per heavy atom. The SMILES string of the molecule is Cc1ccc(-c2nc3ccccc3n2CC2CCCO2)cc1. The van der Waals surface area contributed by atoms with Crippen LogP contribution < -0.4 is 0 Å². The van der Waals surface area contributed by atoms with Crippen LogP contribution in [0.5, 0.6) is 0 Å². The molecule has 1 aliphatic heterocycles. The third-order valence-corrected chi connectivity index (χ3v) is 4.37. The Hall–Kier alpha value is -2.13. The van der Waals surface area contributed by atoms with E-state index in [-0.39, 0.29) is 0 Å². The summed E-state index contributed by atoms with van der Waals surface area (Å²) in [7, 11) is 0. The van der Waals surface area contributed by atoms with Gasteiger partial charge in [0.25, 0.3) is 0 Å². The van der Waals surface area contributed by atoms with Crippen LogP contribution in [0.15, 0.2) is 48.5 Å². The van der Waals surface area contributed by atoms with Crippen LogP contribution in [0.4, 0.5) is 0 Å². The lowest BCUT2D eigenvalue weighted by Crippen LogP contribution is -2.15. The van der Waals surface area contributed by atoms with Gasteiger partial charge in [0.1, 0.15) is 5.82 Å². The van der Waals surface area contributed by atoms with E-state index in [0.29, 0.717) is 6.10 Å². The molecule has 1 aliphatic rings. The largest absolute Gasteiger partial charge is 0.376 e. The summed E-state index contributed by atoms with van der Waals surface area (Å²) >= 11 is 0. The molecular formula is C19H20N2O. The van der Waals surface area contributed by atoms with Crippen molar-refractivity contribution in [2.45, 2.75) is 32.4 Å². The van der Waals surface area contributed by atoms with Crippen molar-refractivity contribution < 1.29 is 4.74 Å². The number of ether oxygens (including phenoxy) is 1. The highest BCUT2D eigenvalue weighted by atomic mass is 16.5. The normalized spacial score (nSPS) is 18.1. The number of para-hydroxylation sites is 2. The molecule has 1 fully saturated rings. The van der Waals surface area contributed by atoms with E-state index in [0.717, 1.165) is 37.3 Å². The Kier molecular flexibility index (Phi) is 3.43. The summed E-state index contributed by atoms with van der Waals surface area (Å²) in [5.41, 5.74) is 4.68. The van der Waals surface area contributed by atoms with Crippen molar-refractivity contribution in [3.05, 3.63) is 54.1 Å². The zero-order valence-electron chi connectivity index (χ0n) is 12.8. The molecule has 4 rings (SSSR count). The van der Waals surface area contributed by atoms with Gasteiger partial charge in [-0.25, -0.2) is 4.98 Å². The highest BCUT2D eigenvalue weighted by Gasteiger charge is 2.20. The first-order chi connectivity index (χ1) is 10.8. The molecule has 2 heterocycles. The summed E-state index contributed by atoms with van der Waals surface area (Å²) in [6, 6.07) is 17.0. The number of rotatable bonds is 3. The van der Waals surface area contributed by atoms with E-state index < -0.39 is 0 Å². The molecule has 3 heteroatoms. The molecule has 3 aromatic rings. The number of aromatic nitrogens is 2. The molecule has 22 heavy (non-hydrogen) atoms. The van der Waals surface area contributed by atoms with Crippen LogP contribution in [0.2, 0.25) is 0 Å². The summed E-state index contributed by atoms with van der Waals surface area (Å²) in [4.78, 5) is 4.86. The Bertz CT molecular complexity index is 783. The number of nitrogens with zero attached hydrogens (tertiary/aromatic N) is 2. The van der Waals surface area contributed by atoms with Gasteiger partial charge in [-0.2, -0.15) is 0 Å². The zero-order chi connectivity index (χ0) is 14.9. The van der Waals surface area contributed by atoms with Gasteiger partial charge in [0.05, 0.1) is 23.7 Å². The molecule has 3 nitrogen and oxygen atoms in total. The van der Waals surface area contributed by atoms with Gasteiger partial charge in [-0.15, -0.1) is 0 Å². The molecule has 0 radical (unpaired) electrons. The summed E-state index contributed by atoms with van der Waals surface area (Å²) < 4.78 is 8.15. The topological polar surface area (TPSA) is 27.1 Å². The molecule has 0 spiro atoms. The van der Waals surface area contributed by atoms with Gasteiger partial charge < -0.3 is 9.30 Å². The number of hydrogen-bond acceptors (Lipinski definition) is 2. The molecule has 0 aliphatic carbocycles. The van der Waals surface area contributed by atoms with Crippen LogP contribution in [-0.2, 0) is 11.3 Å². The third-order valence-electron chi connectivity index (χ3n) is 4.37. The summed E-state index contributed by atoms with van der Waals surface area (Å²) in [5, 5.41) is 0. The van der Waals surface area contributed by atoms with Gasteiger partial charge in [-0.1, -0.05) is 42.0 Å². The number of fused-ring (bicyclic) bond motifs is 1. The van der Waals surface area contributed by atoms with Crippen molar-refractivity contribution in [2.75, 3.05) is 6.61 Å². The van der Waals surface area contributed by atoms with Crippen molar-refractivity contribution in [1.82, 2.24) is 9.55 Å². The fraction of sp³-hybridized carbons (Fsp3) is 0.316. The first-order valence-corrected chi connectivity index (χ1v) is 7.95. The highest BCUT2D eigenvalue weighted by Crippen LogP contribution is 2.27. The lowest BCUT2D eigenvalue weighted by atomic mass is 10.1. The maximum Gasteiger partial charge on any atom is 0.141 e. The lowest BCUT2D eigenvalue weighted by Gasteiger charge is -2.14. The molecule has 0 saturated carbocycles. The maximum atomic E-state index is 5.84. The average molecular weight is 292 g/mol. The van der Waals surface area contributed by atoms with Gasteiger partial charge in [0.15, 0.2) is 0 Å². The van der Waals surface area contributed by atoms with E-state index >= 15 is 0 Å². The zero-order valence-corrected chi connectivity index (χ0v) is 12.8. The van der Waals surface area contributed by atoms with E-state index in [1.807, 2.05) is 6.07 Å². The van der Waals surface area contributed by atoms with E-state index in [1.165, 1.54) is 16.6 Å². The minimum atomic E-state index is 0.307. The number of imidazole rings is 1. The fourth-order valence-electron chi connectivity index (χ4n) is 3.18. The van der Waals surface area contributed by atoms with Crippen LogP contribution >= 0.6 is 0 Å². The average Bonchev–Trinajstić information content (AvgIpc) is 3.17. The van der Waals surface area contributed by atoms with E-state index in [2.05, 4.69) is 54.0 Å². The first-order valence-electron chi connectivity index (χ1n) is 7.95. The first kappa shape index (κ1) is 13.5. The Morgan fingerprint density at radius 3 is 2.73 bits per heavy atom. The van der Waals surface area contributed by atoms with Crippen molar-refractivity contribution >= 4 is 11.0 Å². The monoisotopic (exact) mass is 292 g/mol. The van der Waals surface area contributed by atoms with Gasteiger partial charge in [0, 0.05) is 12.2 Å². The third kappa shape index (κ3) is 2.42. The van der Waals surface area contributed by atoms with Gasteiger partial charge in [0.2, 0.25) is 0 Å². The fourth-order valence-corrected chi connectivity index (χ4v) is 3.18. The molecule has 0 N–H and O–H groups in total. The van der Waals surface area contributed by atoms with E-state index in [9.17, 15) is 0 Å². The Morgan fingerprint density at radius 2 is 1.95 bits per heavy atom. The van der Waals surface area contributed by atoms with Crippen LogP contribution in [0.1, 0.15) is 18.4 Å². The maximum absolute atomic E-state index is 5.84. The number of aryl methyl sites for hydroxylation is 1. The summed E-state index contributed by atoms with van der Waals surface area (Å²) in [5.74, 6) is 1.04. The van der Waals surface area contributed by atoms with Crippen molar-refractivity contribution in [1.29, 1.82) is 0 Å². The number of benzene rings is 2. The second-order valence-electron chi connectivity index (χ2n) is 6.04. The minimum absolute atomic E-state index is 0.307. The van der Waals surface area contributed by atoms with E-state index in [1.54, 1.807) is 0 Å². The molecule has 1 atom stereocenters. The summed E-state index contributed by atoms with van der Waals surface area (Å²) in [6.07, 6.45) is 2.61. The quantitative estimate of drug-likeness (QED) is 0.723. The highest BCUT2D eigenvalue weighted by molar-refractivity contribution is 5.80. The lowest BCUT2D eigenvalue weighted by molar-refractivity contribution is 0.0982. The predicted molar refractivity (Wildman–Crippen MR) is 88.9 cm³/mol. The molecule has 1 unspecified atom stereocenters. The van der Waals surface area contributed by atoms with Gasteiger partial charge in [-0.3, -0.25) is 0 Å². The van der Waals surface area contributed by atoms with E-state index in [4.69, 9.17) is 9.72 Å². The van der Waals surface area contributed by atoms with Crippen LogP contribution in [-0.4, -0.2) is 22.3 Å². The van der Waals surface area contributed by atoms with Crippen molar-refractivity contribution in [3.8, 4) is 11.4 Å². The molecule has 1 aromatic heterocycles.